The summed E-state index contributed by atoms with van der Waals surface area (Å²) in [6.07, 6.45) is 1.32. The summed E-state index contributed by atoms with van der Waals surface area (Å²) >= 11 is 12.8. The molecule has 0 unspecified atom stereocenters. The fourth-order valence-electron chi connectivity index (χ4n) is 3.87. The first kappa shape index (κ1) is 21.5. The molecule has 0 spiro atoms. The molecule has 0 aliphatic carbocycles. The molecule has 3 aromatic rings. The summed E-state index contributed by atoms with van der Waals surface area (Å²) in [7, 11) is 4.39. The lowest BCUT2D eigenvalue weighted by molar-refractivity contribution is 0.258. The number of carbonyl (C=O) groups is 1. The summed E-state index contributed by atoms with van der Waals surface area (Å²) in [5.41, 5.74) is 1.78. The molecule has 1 fully saturated rings. The number of hydrogen-bond donors (Lipinski definition) is 2. The van der Waals surface area contributed by atoms with Crippen molar-refractivity contribution in [3.05, 3.63) is 52.8 Å². The molecule has 0 bridgehead atoms. The average molecular weight is 566 g/mol. The number of benzene rings is 2. The molecule has 1 saturated heterocycles. The second kappa shape index (κ2) is 12.4. The highest BCUT2D eigenvalue weighted by molar-refractivity contribution is 6.41. The normalized spacial score (nSPS) is 16.3. The Kier molecular flexibility index (Phi) is 6.99. The number of hydrogen-bond acceptors (Lipinski definition) is 8. The van der Waals surface area contributed by atoms with Gasteiger partial charge in [-0.3, -0.25) is 4.90 Å². The Labute approximate surface area is 239 Å². The number of anilines is 5. The van der Waals surface area contributed by atoms with Crippen LogP contribution in [0.15, 0.2) is 42.7 Å². The molecule has 0 saturated carbocycles. The zero-order chi connectivity index (χ0) is 31.5. The number of methoxy groups -OCH3 is 2. The van der Waals surface area contributed by atoms with E-state index in [4.69, 9.17) is 39.5 Å². The van der Waals surface area contributed by atoms with Crippen molar-refractivity contribution in [2.75, 3.05) is 74.4 Å². The first-order valence-corrected chi connectivity index (χ1v) is 12.4. The lowest BCUT2D eigenvalue weighted by atomic mass is 10.2. The lowest BCUT2D eigenvalue weighted by Crippen LogP contribution is -2.46. The minimum absolute atomic E-state index is 0.113. The van der Waals surface area contributed by atoms with Crippen LogP contribution >= 0.6 is 23.2 Å². The van der Waals surface area contributed by atoms with Crippen LogP contribution in [0.5, 0.6) is 11.5 Å². The fourth-order valence-corrected chi connectivity index (χ4v) is 4.46. The minimum Gasteiger partial charge on any atom is -0.495 e. The summed E-state index contributed by atoms with van der Waals surface area (Å²) in [6, 6.07) is 10.1. The van der Waals surface area contributed by atoms with Crippen LogP contribution in [0.2, 0.25) is 10.0 Å². The van der Waals surface area contributed by atoms with E-state index in [0.717, 1.165) is 11.4 Å². The topological polar surface area (TPSA) is 95.1 Å². The number of amides is 2. The van der Waals surface area contributed by atoms with Gasteiger partial charge in [0.25, 0.3) is 0 Å². The number of piperazine rings is 1. The third-order valence-corrected chi connectivity index (χ3v) is 6.80. The molecule has 202 valence electrons. The molecule has 12 heteroatoms. The maximum atomic E-state index is 13.1. The van der Waals surface area contributed by atoms with Crippen molar-refractivity contribution in [2.45, 2.75) is 6.85 Å². The molecular weight excluding hydrogens is 529 g/mol. The monoisotopic (exact) mass is 564 g/mol. The number of rotatable bonds is 8. The van der Waals surface area contributed by atoms with E-state index in [1.165, 1.54) is 43.5 Å². The number of nitrogens with zero attached hydrogens (tertiary/aromatic N) is 5. The Morgan fingerprint density at radius 1 is 1.08 bits per heavy atom. The molecule has 2 heterocycles. The Balaban J connectivity index is 1.40. The van der Waals surface area contributed by atoms with Crippen LogP contribution in [0, 0.1) is 0 Å². The van der Waals surface area contributed by atoms with Crippen molar-refractivity contribution in [1.29, 1.82) is 0 Å². The number of carbonyl (C=O) groups excluding carboxylic acids is 1. The predicted octanol–water partition coefficient (Wildman–Crippen LogP) is 5.35. The summed E-state index contributed by atoms with van der Waals surface area (Å²) in [6.45, 7) is -3.52. The third-order valence-electron chi connectivity index (χ3n) is 6.05. The van der Waals surface area contributed by atoms with Crippen LogP contribution in [0.4, 0.5) is 33.5 Å². The molecular formula is C26H31Cl2N7O3. The maximum absolute atomic E-state index is 13.1. The molecule has 1 aliphatic rings. The summed E-state index contributed by atoms with van der Waals surface area (Å²) < 4.78 is 49.0. The van der Waals surface area contributed by atoms with Crippen molar-refractivity contribution >= 4 is 57.9 Å². The van der Waals surface area contributed by atoms with Gasteiger partial charge in [-0.05, 0) is 30.8 Å². The highest BCUT2D eigenvalue weighted by atomic mass is 35.5. The maximum Gasteiger partial charge on any atom is 0.327 e. The van der Waals surface area contributed by atoms with Gasteiger partial charge in [0, 0.05) is 63.6 Å². The van der Waals surface area contributed by atoms with E-state index in [1.54, 1.807) is 6.07 Å². The van der Waals surface area contributed by atoms with Crippen LogP contribution in [-0.2, 0) is 0 Å². The smallest absolute Gasteiger partial charge is 0.327 e. The Bertz CT molecular complexity index is 1430. The van der Waals surface area contributed by atoms with E-state index in [2.05, 4.69) is 25.5 Å². The molecule has 10 nitrogen and oxygen atoms in total. The van der Waals surface area contributed by atoms with Crippen LogP contribution in [-0.4, -0.2) is 74.8 Å². The molecule has 0 atom stereocenters. The van der Waals surface area contributed by atoms with E-state index in [9.17, 15) is 4.79 Å². The van der Waals surface area contributed by atoms with Gasteiger partial charge in [0.15, 0.2) is 0 Å². The number of halogens is 2. The molecule has 2 aromatic carbocycles. The lowest BCUT2D eigenvalue weighted by Gasteiger charge is -2.35. The quantitative estimate of drug-likeness (QED) is 0.377. The van der Waals surface area contributed by atoms with E-state index >= 15 is 0 Å². The summed E-state index contributed by atoms with van der Waals surface area (Å²) in [4.78, 5) is 26.2. The number of ether oxygens (including phenoxy) is 2. The zero-order valence-corrected chi connectivity index (χ0v) is 22.6. The number of nitrogens with one attached hydrogen (secondary N) is 2. The standard InChI is InChI=1S/C26H31Cl2N7O3/c1-5-34-10-12-35(13-11-34)18-8-6-17(7-9-18)31-21-15-22(30-16-29-21)33(2)26(36)32-25-23(27)19(37-3)14-20(38-4)24(25)28/h6-9,14-16H,5,10-13H2,1-4H3,(H,32,36)(H,29,30,31)/i1D3,5D2. The predicted molar refractivity (Wildman–Crippen MR) is 153 cm³/mol. The molecule has 1 aromatic heterocycles. The van der Waals surface area contributed by atoms with Crippen LogP contribution < -0.4 is 29.9 Å². The van der Waals surface area contributed by atoms with Gasteiger partial charge in [-0.15, -0.1) is 0 Å². The van der Waals surface area contributed by atoms with Crippen molar-refractivity contribution < 1.29 is 21.1 Å². The molecule has 2 N–H and O–H groups in total. The van der Waals surface area contributed by atoms with Crippen LogP contribution in [0.25, 0.3) is 0 Å². The Hall–Kier alpha value is -3.47. The highest BCUT2D eigenvalue weighted by Gasteiger charge is 2.22. The van der Waals surface area contributed by atoms with Gasteiger partial charge in [-0.1, -0.05) is 30.1 Å². The summed E-state index contributed by atoms with van der Waals surface area (Å²) in [5.74, 6) is 1.29. The van der Waals surface area contributed by atoms with Gasteiger partial charge in [0.05, 0.1) is 19.9 Å². The van der Waals surface area contributed by atoms with Crippen LogP contribution in [0.3, 0.4) is 0 Å². The fraction of sp³-hybridized carbons (Fsp3) is 0.346. The second-order valence-corrected chi connectivity index (χ2v) is 9.05. The SMILES string of the molecule is [2H]C([2H])([2H])C([2H])([2H])N1CCN(c2ccc(Nc3cc(N(C)C(=O)Nc4c(Cl)c(OC)cc(OC)c4Cl)ncn3)cc2)CC1. The molecule has 0 radical (unpaired) electrons. The first-order chi connectivity index (χ1) is 20.3. The molecule has 4 rings (SSSR count). The number of urea groups is 1. The van der Waals surface area contributed by atoms with E-state index < -0.39 is 19.4 Å². The first-order valence-electron chi connectivity index (χ1n) is 14.1. The Morgan fingerprint density at radius 3 is 2.34 bits per heavy atom. The van der Waals surface area contributed by atoms with Crippen molar-refractivity contribution in [3.8, 4) is 11.5 Å². The summed E-state index contributed by atoms with van der Waals surface area (Å²) in [5, 5.41) is 6.09. The van der Waals surface area contributed by atoms with E-state index in [1.807, 2.05) is 24.3 Å². The van der Waals surface area contributed by atoms with E-state index in [0.29, 0.717) is 37.8 Å². The van der Waals surface area contributed by atoms with Crippen molar-refractivity contribution in [2.24, 2.45) is 0 Å². The van der Waals surface area contributed by atoms with Gasteiger partial charge in [0.2, 0.25) is 0 Å². The molecule has 1 aliphatic heterocycles. The van der Waals surface area contributed by atoms with Crippen molar-refractivity contribution in [1.82, 2.24) is 14.9 Å². The van der Waals surface area contributed by atoms with Gasteiger partial charge in [0.1, 0.15) is 39.5 Å². The largest absolute Gasteiger partial charge is 0.495 e. The van der Waals surface area contributed by atoms with Gasteiger partial charge in [-0.25, -0.2) is 14.8 Å². The minimum atomic E-state index is -2.71. The molecule has 2 amide bonds. The third kappa shape index (κ3) is 6.15. The second-order valence-electron chi connectivity index (χ2n) is 8.29. The van der Waals surface area contributed by atoms with Crippen LogP contribution in [0.1, 0.15) is 13.7 Å². The van der Waals surface area contributed by atoms with Crippen molar-refractivity contribution in [3.63, 3.8) is 0 Å². The number of likely N-dealkylation sites (N-methyl/N-ethyl adjacent to an activating group) is 1. The Morgan fingerprint density at radius 2 is 1.74 bits per heavy atom. The van der Waals surface area contributed by atoms with Gasteiger partial charge in [-0.2, -0.15) is 0 Å². The van der Waals surface area contributed by atoms with E-state index in [-0.39, 0.29) is 27.2 Å². The number of aromatic nitrogens is 2. The molecule has 38 heavy (non-hydrogen) atoms. The van der Waals surface area contributed by atoms with Gasteiger partial charge >= 0.3 is 6.03 Å². The van der Waals surface area contributed by atoms with Gasteiger partial charge < -0.3 is 29.9 Å². The average Bonchev–Trinajstić information content (AvgIpc) is 2.99. The zero-order valence-electron chi connectivity index (χ0n) is 26.1. The highest BCUT2D eigenvalue weighted by Crippen LogP contribution is 2.44.